The van der Waals surface area contributed by atoms with Gasteiger partial charge in [-0.1, -0.05) is 13.8 Å². The Hall–Kier alpha value is -0.810. The molecular weight excluding hydrogens is 144 g/mol. The third-order valence-electron chi connectivity index (χ3n) is 1.06. The average molecular weight is 160 g/mol. The summed E-state index contributed by atoms with van der Waals surface area (Å²) in [5.74, 6) is 0.462. The van der Waals surface area contributed by atoms with Gasteiger partial charge in [-0.15, -0.1) is 5.59 Å². The molecule has 0 aliphatic carbocycles. The lowest BCUT2D eigenvalue weighted by Crippen LogP contribution is -2.41. The lowest BCUT2D eigenvalue weighted by molar-refractivity contribution is 0.0189. The first-order valence-corrected chi connectivity index (χ1v) is 3.59. The fourth-order valence-corrected chi connectivity index (χ4v) is 0.437. The third-order valence-corrected chi connectivity index (χ3v) is 1.06. The van der Waals surface area contributed by atoms with Crippen LogP contribution in [0.25, 0.3) is 0 Å². The van der Waals surface area contributed by atoms with Crippen molar-refractivity contribution < 1.29 is 4.84 Å². The van der Waals surface area contributed by atoms with E-state index in [0.717, 1.165) is 6.42 Å². The molecule has 11 heavy (non-hydrogen) atoms. The minimum atomic E-state index is -0.158. The Morgan fingerprint density at radius 3 is 2.73 bits per heavy atom. The van der Waals surface area contributed by atoms with Gasteiger partial charge in [0.2, 0.25) is 5.96 Å². The Kier molecular flexibility index (Phi) is 5.50. The van der Waals surface area contributed by atoms with E-state index in [1.54, 1.807) is 0 Å². The van der Waals surface area contributed by atoms with E-state index in [1.165, 1.54) is 0 Å². The van der Waals surface area contributed by atoms with Gasteiger partial charge >= 0.3 is 0 Å². The topological polar surface area (TPSA) is 83.2 Å². The molecular formula is C6H16N4O. The van der Waals surface area contributed by atoms with Crippen LogP contribution < -0.4 is 16.7 Å². The zero-order chi connectivity index (χ0) is 8.69. The summed E-state index contributed by atoms with van der Waals surface area (Å²) in [6.45, 7) is 4.83. The summed E-state index contributed by atoms with van der Waals surface area (Å²) < 4.78 is 0. The monoisotopic (exact) mass is 160 g/mol. The summed E-state index contributed by atoms with van der Waals surface area (Å²) in [5, 5.41) is 6.74. The maximum absolute atomic E-state index is 6.74. The Bertz CT molecular complexity index is 115. The zero-order valence-electron chi connectivity index (χ0n) is 6.98. The van der Waals surface area contributed by atoms with E-state index >= 15 is 0 Å². The zero-order valence-corrected chi connectivity index (χ0v) is 6.98. The molecule has 0 atom stereocenters. The molecule has 66 valence electrons. The summed E-state index contributed by atoms with van der Waals surface area (Å²) >= 11 is 0. The molecule has 0 fully saturated rings. The molecule has 0 spiro atoms. The molecule has 0 aromatic rings. The van der Waals surface area contributed by atoms with Crippen LogP contribution in [0.2, 0.25) is 0 Å². The first kappa shape index (κ1) is 10.2. The molecule has 5 heteroatoms. The van der Waals surface area contributed by atoms with Gasteiger partial charge < -0.3 is 5.73 Å². The summed E-state index contributed by atoms with van der Waals surface area (Å²) in [4.78, 5) is 4.87. The van der Waals surface area contributed by atoms with E-state index in [2.05, 4.69) is 24.9 Å². The van der Waals surface area contributed by atoms with Gasteiger partial charge in [0.25, 0.3) is 0 Å². The molecule has 5 N–H and O–H groups in total. The number of hydrazine groups is 1. The number of rotatable bonds is 5. The molecule has 0 aliphatic heterocycles. The van der Waals surface area contributed by atoms with Gasteiger partial charge in [0.1, 0.15) is 0 Å². The second-order valence-electron chi connectivity index (χ2n) is 2.67. The van der Waals surface area contributed by atoms with Gasteiger partial charge in [0.15, 0.2) is 0 Å². The van der Waals surface area contributed by atoms with Crippen LogP contribution in [0.3, 0.4) is 0 Å². The molecule has 0 heterocycles. The van der Waals surface area contributed by atoms with Gasteiger partial charge in [-0.2, -0.15) is 0 Å². The highest BCUT2D eigenvalue weighted by molar-refractivity contribution is 5.73. The predicted octanol–water partition coefficient (Wildman–Crippen LogP) is -0.0482. The summed E-state index contributed by atoms with van der Waals surface area (Å²) in [6, 6.07) is 0. The van der Waals surface area contributed by atoms with Gasteiger partial charge in [-0.25, -0.2) is 0 Å². The summed E-state index contributed by atoms with van der Waals surface area (Å²) in [5.41, 5.74) is 9.61. The molecule has 0 saturated carbocycles. The summed E-state index contributed by atoms with van der Waals surface area (Å²) in [7, 11) is 0. The highest BCUT2D eigenvalue weighted by atomic mass is 16.7. The maximum Gasteiger partial charge on any atom is 0.202 e. The molecule has 0 amide bonds. The van der Waals surface area contributed by atoms with Crippen LogP contribution in [0.15, 0.2) is 0 Å². The second-order valence-corrected chi connectivity index (χ2v) is 2.67. The number of nitrogens with one attached hydrogen (secondary N) is 3. The van der Waals surface area contributed by atoms with Crippen LogP contribution in [-0.2, 0) is 4.84 Å². The molecule has 0 bridgehead atoms. The molecule has 0 rings (SSSR count). The molecule has 0 aromatic heterocycles. The minimum absolute atomic E-state index is 0.158. The largest absolute Gasteiger partial charge is 0.369 e. The minimum Gasteiger partial charge on any atom is -0.369 e. The summed E-state index contributed by atoms with van der Waals surface area (Å²) in [6.07, 6.45) is 0.979. The predicted molar refractivity (Wildman–Crippen MR) is 43.6 cm³/mol. The van der Waals surface area contributed by atoms with Crippen molar-refractivity contribution in [3.05, 3.63) is 0 Å². The Balaban J connectivity index is 2.97. The van der Waals surface area contributed by atoms with Crippen LogP contribution in [0.5, 0.6) is 0 Å². The Morgan fingerprint density at radius 2 is 2.27 bits per heavy atom. The molecule has 5 nitrogen and oxygen atoms in total. The fraction of sp³-hybridized carbons (Fsp3) is 0.833. The van der Waals surface area contributed by atoms with Crippen molar-refractivity contribution in [1.29, 1.82) is 5.41 Å². The molecule has 0 aromatic carbocycles. The lowest BCUT2D eigenvalue weighted by Gasteiger charge is -2.07. The van der Waals surface area contributed by atoms with Gasteiger partial charge in [0, 0.05) is 0 Å². The third kappa shape index (κ3) is 9.19. The number of nitrogens with two attached hydrogens (primary N) is 1. The van der Waals surface area contributed by atoms with Crippen LogP contribution in [0, 0.1) is 11.3 Å². The molecule has 0 radical (unpaired) electrons. The van der Waals surface area contributed by atoms with Crippen molar-refractivity contribution in [1.82, 2.24) is 11.0 Å². The quantitative estimate of drug-likeness (QED) is 0.197. The van der Waals surface area contributed by atoms with E-state index in [-0.39, 0.29) is 5.96 Å². The van der Waals surface area contributed by atoms with E-state index in [9.17, 15) is 0 Å². The highest BCUT2D eigenvalue weighted by Gasteiger charge is 1.92. The molecule has 0 saturated heterocycles. The van der Waals surface area contributed by atoms with E-state index in [0.29, 0.717) is 12.5 Å². The van der Waals surface area contributed by atoms with Crippen molar-refractivity contribution in [2.24, 2.45) is 11.7 Å². The van der Waals surface area contributed by atoms with Crippen LogP contribution in [-0.4, -0.2) is 12.6 Å². The van der Waals surface area contributed by atoms with Crippen LogP contribution in [0.1, 0.15) is 20.3 Å². The smallest absolute Gasteiger partial charge is 0.202 e. The number of hydrogen-bond donors (Lipinski definition) is 4. The van der Waals surface area contributed by atoms with E-state index < -0.39 is 0 Å². The standard InChI is InChI=1S/C6H16N4O/c1-5(2)3-4-11-10-9-6(7)8/h5,10H,3-4H2,1-2H3,(H4,7,8,9). The van der Waals surface area contributed by atoms with Crippen molar-refractivity contribution >= 4 is 5.96 Å². The van der Waals surface area contributed by atoms with E-state index in [4.69, 9.17) is 16.0 Å². The van der Waals surface area contributed by atoms with Gasteiger partial charge in [-0.3, -0.25) is 15.7 Å². The molecule has 0 unspecified atom stereocenters. The molecule has 0 aliphatic rings. The number of guanidine groups is 1. The Labute approximate surface area is 66.7 Å². The normalized spacial score (nSPS) is 10.1. The van der Waals surface area contributed by atoms with Gasteiger partial charge in [0.05, 0.1) is 6.61 Å². The van der Waals surface area contributed by atoms with Crippen molar-refractivity contribution in [2.45, 2.75) is 20.3 Å². The fourth-order valence-electron chi connectivity index (χ4n) is 0.437. The maximum atomic E-state index is 6.74. The SMILES string of the molecule is CC(C)CCONNC(=N)N. The van der Waals surface area contributed by atoms with E-state index in [1.807, 2.05) is 0 Å². The first-order chi connectivity index (χ1) is 5.13. The van der Waals surface area contributed by atoms with Crippen LogP contribution in [0.4, 0.5) is 0 Å². The highest BCUT2D eigenvalue weighted by Crippen LogP contribution is 1.96. The van der Waals surface area contributed by atoms with Crippen molar-refractivity contribution in [3.8, 4) is 0 Å². The average Bonchev–Trinajstić information content (AvgIpc) is 1.85. The first-order valence-electron chi connectivity index (χ1n) is 3.59. The second kappa shape index (κ2) is 5.94. The van der Waals surface area contributed by atoms with Crippen LogP contribution >= 0.6 is 0 Å². The lowest BCUT2D eigenvalue weighted by atomic mass is 10.1. The number of hydrogen-bond acceptors (Lipinski definition) is 3. The van der Waals surface area contributed by atoms with Crippen molar-refractivity contribution in [3.63, 3.8) is 0 Å². The van der Waals surface area contributed by atoms with Gasteiger partial charge in [-0.05, 0) is 12.3 Å². The Morgan fingerprint density at radius 1 is 1.64 bits per heavy atom. The van der Waals surface area contributed by atoms with Crippen molar-refractivity contribution in [2.75, 3.05) is 6.61 Å².